The minimum Gasteiger partial charge on any atom is -0.497 e. The summed E-state index contributed by atoms with van der Waals surface area (Å²) in [7, 11) is 1.58. The Morgan fingerprint density at radius 2 is 2.00 bits per heavy atom. The number of rotatable bonds is 3. The van der Waals surface area contributed by atoms with E-state index in [1.165, 1.54) is 0 Å². The molecule has 2 aliphatic rings. The highest BCUT2D eigenvalue weighted by Crippen LogP contribution is 2.33. The van der Waals surface area contributed by atoms with Gasteiger partial charge < -0.3 is 18.9 Å². The number of methoxy groups -OCH3 is 1. The van der Waals surface area contributed by atoms with Gasteiger partial charge in [-0.05, 0) is 42.0 Å². The van der Waals surface area contributed by atoms with E-state index in [9.17, 15) is 4.79 Å². The number of cyclic esters (lactones) is 1. The summed E-state index contributed by atoms with van der Waals surface area (Å²) in [6.07, 6.45) is 1.65. The van der Waals surface area contributed by atoms with Crippen LogP contribution < -0.4 is 14.2 Å². The van der Waals surface area contributed by atoms with Crippen LogP contribution in [0.4, 0.5) is 0 Å². The van der Waals surface area contributed by atoms with E-state index in [-0.39, 0.29) is 18.4 Å². The zero-order chi connectivity index (χ0) is 16.5. The molecule has 2 heterocycles. The number of nitrogens with zero attached hydrogens (tertiary/aromatic N) is 1. The van der Waals surface area contributed by atoms with Gasteiger partial charge in [0.2, 0.25) is 12.7 Å². The molecule has 0 spiro atoms. The molecule has 2 aromatic rings. The van der Waals surface area contributed by atoms with Gasteiger partial charge in [-0.15, -0.1) is 0 Å². The van der Waals surface area contributed by atoms with Crippen LogP contribution in [0.3, 0.4) is 0 Å². The molecular formula is C18H13NO5. The maximum absolute atomic E-state index is 12.1. The van der Waals surface area contributed by atoms with E-state index in [0.717, 1.165) is 5.56 Å². The zero-order valence-corrected chi connectivity index (χ0v) is 12.8. The molecule has 0 atom stereocenters. The predicted octanol–water partition coefficient (Wildman–Crippen LogP) is 2.77. The highest BCUT2D eigenvalue weighted by molar-refractivity contribution is 6.13. The normalized spacial score (nSPS) is 17.0. The summed E-state index contributed by atoms with van der Waals surface area (Å²) in [5.41, 5.74) is 1.69. The van der Waals surface area contributed by atoms with Crippen molar-refractivity contribution in [2.45, 2.75) is 0 Å². The number of aliphatic imine (C=N–C) groups is 1. The molecule has 0 aliphatic carbocycles. The number of ether oxygens (including phenoxy) is 4. The Hall–Kier alpha value is -3.28. The molecule has 0 saturated carbocycles. The summed E-state index contributed by atoms with van der Waals surface area (Å²) in [6.45, 7) is 0.204. The van der Waals surface area contributed by atoms with Gasteiger partial charge in [-0.3, -0.25) is 0 Å². The van der Waals surface area contributed by atoms with Crippen LogP contribution >= 0.6 is 0 Å². The molecule has 6 nitrogen and oxygen atoms in total. The van der Waals surface area contributed by atoms with Gasteiger partial charge in [-0.2, -0.15) is 0 Å². The first-order chi connectivity index (χ1) is 11.7. The summed E-state index contributed by atoms with van der Waals surface area (Å²) in [5, 5.41) is 0. The summed E-state index contributed by atoms with van der Waals surface area (Å²) in [5.74, 6) is 1.76. The number of carbonyl (C=O) groups excluding carboxylic acids is 1. The topological polar surface area (TPSA) is 66.3 Å². The second-order valence-electron chi connectivity index (χ2n) is 5.18. The molecule has 2 aliphatic heterocycles. The van der Waals surface area contributed by atoms with Gasteiger partial charge >= 0.3 is 5.97 Å². The maximum Gasteiger partial charge on any atom is 0.363 e. The molecule has 0 saturated heterocycles. The number of hydrogen-bond acceptors (Lipinski definition) is 6. The Morgan fingerprint density at radius 1 is 1.12 bits per heavy atom. The van der Waals surface area contributed by atoms with E-state index in [0.29, 0.717) is 22.8 Å². The fourth-order valence-corrected chi connectivity index (χ4v) is 2.45. The maximum atomic E-state index is 12.1. The van der Waals surface area contributed by atoms with Crippen molar-refractivity contribution in [1.82, 2.24) is 0 Å². The summed E-state index contributed by atoms with van der Waals surface area (Å²) >= 11 is 0. The van der Waals surface area contributed by atoms with Crippen molar-refractivity contribution < 1.29 is 23.7 Å². The Morgan fingerprint density at radius 3 is 2.88 bits per heavy atom. The largest absolute Gasteiger partial charge is 0.497 e. The van der Waals surface area contributed by atoms with Crippen LogP contribution in [0.5, 0.6) is 17.2 Å². The van der Waals surface area contributed by atoms with Gasteiger partial charge in [0.15, 0.2) is 17.2 Å². The van der Waals surface area contributed by atoms with E-state index >= 15 is 0 Å². The smallest absolute Gasteiger partial charge is 0.363 e. The fraction of sp³-hybridized carbons (Fsp3) is 0.111. The molecule has 2 aromatic carbocycles. The molecule has 0 radical (unpaired) electrons. The Balaban J connectivity index is 1.65. The molecule has 0 bridgehead atoms. The number of esters is 1. The molecule has 0 amide bonds. The van der Waals surface area contributed by atoms with E-state index < -0.39 is 5.97 Å². The van der Waals surface area contributed by atoms with Crippen molar-refractivity contribution in [3.8, 4) is 17.2 Å². The van der Waals surface area contributed by atoms with Crippen LogP contribution in [0.1, 0.15) is 11.1 Å². The van der Waals surface area contributed by atoms with Crippen molar-refractivity contribution in [2.24, 2.45) is 4.99 Å². The lowest BCUT2D eigenvalue weighted by Gasteiger charge is -2.02. The summed E-state index contributed by atoms with van der Waals surface area (Å²) < 4.78 is 21.0. The fourth-order valence-electron chi connectivity index (χ4n) is 2.45. The van der Waals surface area contributed by atoms with Crippen LogP contribution in [-0.2, 0) is 9.53 Å². The number of fused-ring (bicyclic) bond motifs is 1. The number of benzene rings is 2. The standard InChI is InChI=1S/C18H13NO5/c1-21-13-4-2-3-12(9-13)17-19-14(18(20)24-17)7-11-5-6-15-16(8-11)23-10-22-15/h2-9H,10H2,1H3/b14-7-. The van der Waals surface area contributed by atoms with E-state index in [1.54, 1.807) is 37.5 Å². The minimum atomic E-state index is -0.495. The average molecular weight is 323 g/mol. The first kappa shape index (κ1) is 14.3. The van der Waals surface area contributed by atoms with Crippen LogP contribution in [0.25, 0.3) is 6.08 Å². The SMILES string of the molecule is COc1cccc(C2=N/C(=C\c3ccc4c(c3)OCO4)C(=O)O2)c1. The van der Waals surface area contributed by atoms with Crippen LogP contribution in [0, 0.1) is 0 Å². The zero-order valence-electron chi connectivity index (χ0n) is 12.8. The lowest BCUT2D eigenvalue weighted by atomic mass is 10.1. The van der Waals surface area contributed by atoms with Gasteiger partial charge in [-0.1, -0.05) is 12.1 Å². The van der Waals surface area contributed by atoms with E-state index in [4.69, 9.17) is 18.9 Å². The van der Waals surface area contributed by atoms with Crippen LogP contribution in [-0.4, -0.2) is 25.8 Å². The molecule has 120 valence electrons. The second kappa shape index (κ2) is 5.73. The van der Waals surface area contributed by atoms with Crippen molar-refractivity contribution in [1.29, 1.82) is 0 Å². The first-order valence-electron chi connectivity index (χ1n) is 7.29. The highest BCUT2D eigenvalue weighted by atomic mass is 16.7. The number of carbonyl (C=O) groups is 1. The molecule has 24 heavy (non-hydrogen) atoms. The van der Waals surface area contributed by atoms with Gasteiger partial charge in [0.1, 0.15) is 5.75 Å². The van der Waals surface area contributed by atoms with Gasteiger partial charge in [-0.25, -0.2) is 9.79 Å². The molecule has 4 rings (SSSR count). The summed E-state index contributed by atoms with van der Waals surface area (Å²) in [4.78, 5) is 16.3. The lowest BCUT2D eigenvalue weighted by molar-refractivity contribution is -0.129. The molecular weight excluding hydrogens is 310 g/mol. The van der Waals surface area contributed by atoms with Crippen LogP contribution in [0.15, 0.2) is 53.2 Å². The predicted molar refractivity (Wildman–Crippen MR) is 86.2 cm³/mol. The summed E-state index contributed by atoms with van der Waals surface area (Å²) in [6, 6.07) is 12.6. The molecule has 0 fully saturated rings. The molecule has 6 heteroatoms. The van der Waals surface area contributed by atoms with E-state index in [2.05, 4.69) is 4.99 Å². The highest BCUT2D eigenvalue weighted by Gasteiger charge is 2.24. The molecule has 0 aromatic heterocycles. The van der Waals surface area contributed by atoms with Gasteiger partial charge in [0.05, 0.1) is 7.11 Å². The second-order valence-corrected chi connectivity index (χ2v) is 5.18. The monoisotopic (exact) mass is 323 g/mol. The minimum absolute atomic E-state index is 0.204. The van der Waals surface area contributed by atoms with E-state index in [1.807, 2.05) is 18.2 Å². The number of hydrogen-bond donors (Lipinski definition) is 0. The molecule has 0 N–H and O–H groups in total. The van der Waals surface area contributed by atoms with Crippen molar-refractivity contribution in [2.75, 3.05) is 13.9 Å². The third-order valence-electron chi connectivity index (χ3n) is 3.64. The lowest BCUT2D eigenvalue weighted by Crippen LogP contribution is -2.05. The van der Waals surface area contributed by atoms with Crippen LogP contribution in [0.2, 0.25) is 0 Å². The third-order valence-corrected chi connectivity index (χ3v) is 3.64. The van der Waals surface area contributed by atoms with Crippen molar-refractivity contribution in [3.63, 3.8) is 0 Å². The quantitative estimate of drug-likeness (QED) is 0.642. The Kier molecular flexibility index (Phi) is 3.42. The van der Waals surface area contributed by atoms with Gasteiger partial charge in [0, 0.05) is 5.56 Å². The third kappa shape index (κ3) is 2.58. The Labute approximate surface area is 137 Å². The Bertz CT molecular complexity index is 885. The van der Waals surface area contributed by atoms with Gasteiger partial charge in [0.25, 0.3) is 0 Å². The first-order valence-corrected chi connectivity index (χ1v) is 7.29. The molecule has 0 unspecified atom stereocenters. The average Bonchev–Trinajstić information content (AvgIpc) is 3.21. The van der Waals surface area contributed by atoms with Crippen molar-refractivity contribution >= 4 is 17.9 Å². The van der Waals surface area contributed by atoms with Crippen molar-refractivity contribution in [3.05, 3.63) is 59.3 Å².